The van der Waals surface area contributed by atoms with Crippen molar-refractivity contribution in [3.05, 3.63) is 41.3 Å². The van der Waals surface area contributed by atoms with E-state index in [9.17, 15) is 13.2 Å². The molecule has 0 bridgehead atoms. The molecule has 0 radical (unpaired) electrons. The largest absolute Gasteiger partial charge is 0.244 e. The monoisotopic (exact) mass is 370 g/mol. The van der Waals surface area contributed by atoms with E-state index in [4.69, 9.17) is 11.6 Å². The van der Waals surface area contributed by atoms with E-state index in [0.717, 1.165) is 0 Å². The predicted molar refractivity (Wildman–Crippen MR) is 92.5 cm³/mol. The fraction of sp³-hybridized carbons (Fsp3) is 0.412. The zero-order valence-electron chi connectivity index (χ0n) is 14.3. The minimum Gasteiger partial charge on any atom is -0.244 e. The van der Waals surface area contributed by atoms with Crippen molar-refractivity contribution in [3.8, 4) is 0 Å². The van der Waals surface area contributed by atoms with Gasteiger partial charge >= 0.3 is 0 Å². The smallest absolute Gasteiger partial charge is 0.242 e. The van der Waals surface area contributed by atoms with Gasteiger partial charge in [0.2, 0.25) is 5.96 Å². The summed E-state index contributed by atoms with van der Waals surface area (Å²) in [6, 6.07) is 1.24. The van der Waals surface area contributed by atoms with Gasteiger partial charge in [-0.05, 0) is 12.3 Å². The van der Waals surface area contributed by atoms with Crippen molar-refractivity contribution in [2.45, 2.75) is 39.4 Å². The maximum atomic E-state index is 14.1. The predicted octanol–water partition coefficient (Wildman–Crippen LogP) is 4.37. The number of rotatable bonds is 2. The van der Waals surface area contributed by atoms with E-state index in [2.05, 4.69) is 30.8 Å². The Morgan fingerprint density at radius 1 is 1.16 bits per heavy atom. The third-order valence-electron chi connectivity index (χ3n) is 4.42. The molecule has 1 unspecified atom stereocenters. The topological polar surface area (TPSA) is 31.2 Å². The van der Waals surface area contributed by atoms with E-state index in [1.165, 1.54) is 12.4 Å². The van der Waals surface area contributed by atoms with Gasteiger partial charge in [-0.1, -0.05) is 32.4 Å². The van der Waals surface area contributed by atoms with Crippen LogP contribution >= 0.6 is 11.6 Å². The average molecular weight is 371 g/mol. The van der Waals surface area contributed by atoms with Crippen molar-refractivity contribution >= 4 is 29.3 Å². The molecular weight excluding hydrogens is 353 g/mol. The first-order valence-electron chi connectivity index (χ1n) is 7.80. The number of alkyl halides is 1. The minimum absolute atomic E-state index is 0.0371. The summed E-state index contributed by atoms with van der Waals surface area (Å²) in [7, 11) is 0. The van der Waals surface area contributed by atoms with Crippen LogP contribution in [0.1, 0.15) is 33.3 Å². The number of halogens is 4. The summed E-state index contributed by atoms with van der Waals surface area (Å²) in [5.41, 5.74) is -0.976. The highest BCUT2D eigenvalue weighted by Gasteiger charge is 2.41. The highest BCUT2D eigenvalue weighted by atomic mass is 35.5. The van der Waals surface area contributed by atoms with Crippen LogP contribution in [-0.2, 0) is 0 Å². The van der Waals surface area contributed by atoms with Gasteiger partial charge in [0.05, 0.1) is 5.56 Å². The first kappa shape index (κ1) is 17.9. The molecule has 0 fully saturated rings. The SMILES string of the molecule is C[C@@H](N1C(Cl)N=C2N=CC(c3c(F)cc(F)cc3F)=CN21)C(C)(C)C. The Labute approximate surface area is 149 Å². The van der Waals surface area contributed by atoms with E-state index in [1.54, 1.807) is 10.0 Å². The number of nitrogens with zero attached hydrogens (tertiary/aromatic N) is 4. The van der Waals surface area contributed by atoms with Gasteiger partial charge in [0.1, 0.15) is 17.5 Å². The highest BCUT2D eigenvalue weighted by Crippen LogP contribution is 2.35. The lowest BCUT2D eigenvalue weighted by atomic mass is 9.88. The Morgan fingerprint density at radius 3 is 2.32 bits per heavy atom. The average Bonchev–Trinajstić information content (AvgIpc) is 2.79. The van der Waals surface area contributed by atoms with Gasteiger partial charge < -0.3 is 0 Å². The van der Waals surface area contributed by atoms with Gasteiger partial charge in [0.15, 0.2) is 5.62 Å². The van der Waals surface area contributed by atoms with Crippen molar-refractivity contribution in [1.29, 1.82) is 0 Å². The van der Waals surface area contributed by atoms with Crippen LogP contribution in [0.4, 0.5) is 13.2 Å². The molecule has 3 rings (SSSR count). The number of aliphatic imine (C=N–C) groups is 2. The van der Waals surface area contributed by atoms with Crippen LogP contribution in [-0.4, -0.2) is 33.9 Å². The molecule has 134 valence electrons. The Balaban J connectivity index is 2.03. The number of hydrogen-bond acceptors (Lipinski definition) is 4. The molecule has 2 atom stereocenters. The number of guanidine groups is 1. The van der Waals surface area contributed by atoms with E-state index < -0.39 is 23.1 Å². The molecule has 25 heavy (non-hydrogen) atoms. The molecule has 2 aliphatic rings. The standard InChI is InChI=1S/C17H18ClF3N4/c1-9(17(2,3)4)25-15(18)23-16-22-7-10(8-24(16)25)14-12(20)5-11(19)6-13(14)21/h5-9,15H,1-4H3/t9-,15?/m1/s1. The van der Waals surface area contributed by atoms with Crippen molar-refractivity contribution in [2.24, 2.45) is 15.4 Å². The minimum atomic E-state index is -0.993. The summed E-state index contributed by atoms with van der Waals surface area (Å²) in [4.78, 5) is 8.41. The van der Waals surface area contributed by atoms with Gasteiger partial charge in [0, 0.05) is 36.2 Å². The van der Waals surface area contributed by atoms with Gasteiger partial charge in [0.25, 0.3) is 0 Å². The maximum Gasteiger partial charge on any atom is 0.242 e. The molecule has 8 heteroatoms. The normalized spacial score (nSPS) is 21.9. The summed E-state index contributed by atoms with van der Waals surface area (Å²) in [6.45, 7) is 8.14. The summed E-state index contributed by atoms with van der Waals surface area (Å²) in [5.74, 6) is -2.62. The molecule has 4 nitrogen and oxygen atoms in total. The molecule has 0 saturated heterocycles. The quantitative estimate of drug-likeness (QED) is 0.571. The Bertz CT molecular complexity index is 775. The number of fused-ring (bicyclic) bond motifs is 1. The van der Waals surface area contributed by atoms with Gasteiger partial charge in [-0.25, -0.2) is 28.2 Å². The van der Waals surface area contributed by atoms with Crippen LogP contribution < -0.4 is 0 Å². The molecule has 0 saturated carbocycles. The lowest BCUT2D eigenvalue weighted by Gasteiger charge is -2.40. The van der Waals surface area contributed by atoms with Crippen molar-refractivity contribution in [1.82, 2.24) is 10.0 Å². The second-order valence-corrected chi connectivity index (χ2v) is 7.48. The molecule has 0 spiro atoms. The van der Waals surface area contributed by atoms with Gasteiger partial charge in [-0.15, -0.1) is 0 Å². The molecular formula is C17H18ClF3N4. The Morgan fingerprint density at radius 2 is 1.76 bits per heavy atom. The van der Waals surface area contributed by atoms with Gasteiger partial charge in [-0.3, -0.25) is 0 Å². The van der Waals surface area contributed by atoms with Gasteiger partial charge in [-0.2, -0.15) is 5.01 Å². The second-order valence-electron chi connectivity index (χ2n) is 7.09. The summed E-state index contributed by atoms with van der Waals surface area (Å²) >= 11 is 6.33. The molecule has 0 aliphatic carbocycles. The van der Waals surface area contributed by atoms with E-state index in [1.807, 2.05) is 6.92 Å². The van der Waals surface area contributed by atoms with Crippen LogP contribution in [0.3, 0.4) is 0 Å². The first-order valence-corrected chi connectivity index (χ1v) is 8.23. The molecule has 0 N–H and O–H groups in total. The summed E-state index contributed by atoms with van der Waals surface area (Å²) < 4.78 is 41.3. The number of allylic oxidation sites excluding steroid dienone is 1. The molecule has 0 aromatic heterocycles. The van der Waals surface area contributed by atoms with Crippen molar-refractivity contribution in [3.63, 3.8) is 0 Å². The third kappa shape index (κ3) is 3.18. The van der Waals surface area contributed by atoms with E-state index in [-0.39, 0.29) is 22.6 Å². The van der Waals surface area contributed by atoms with E-state index in [0.29, 0.717) is 18.1 Å². The summed E-state index contributed by atoms with van der Waals surface area (Å²) in [6.07, 6.45) is 2.81. The van der Waals surface area contributed by atoms with Crippen LogP contribution in [0.2, 0.25) is 0 Å². The second kappa shape index (κ2) is 6.14. The summed E-state index contributed by atoms with van der Waals surface area (Å²) in [5, 5.41) is 3.37. The fourth-order valence-electron chi connectivity index (χ4n) is 2.64. The van der Waals surface area contributed by atoms with Crippen LogP contribution in [0, 0.1) is 22.9 Å². The zero-order valence-corrected chi connectivity index (χ0v) is 15.0. The molecule has 1 aromatic rings. The number of benzene rings is 1. The number of hydrazine groups is 1. The van der Waals surface area contributed by atoms with E-state index >= 15 is 0 Å². The lowest BCUT2D eigenvalue weighted by Crippen LogP contribution is -2.51. The van der Waals surface area contributed by atoms with Crippen molar-refractivity contribution in [2.75, 3.05) is 0 Å². The van der Waals surface area contributed by atoms with Crippen LogP contribution in [0.5, 0.6) is 0 Å². The highest BCUT2D eigenvalue weighted by molar-refractivity contribution is 6.22. The van der Waals surface area contributed by atoms with Crippen molar-refractivity contribution < 1.29 is 13.2 Å². The fourth-order valence-corrected chi connectivity index (χ4v) is 2.99. The zero-order chi connectivity index (χ0) is 18.5. The molecule has 0 amide bonds. The molecule has 2 heterocycles. The maximum absolute atomic E-state index is 14.1. The number of hydrogen-bond donors (Lipinski definition) is 0. The molecule has 1 aromatic carbocycles. The Kier molecular flexibility index (Phi) is 4.41. The van der Waals surface area contributed by atoms with Crippen LogP contribution in [0.15, 0.2) is 28.3 Å². The lowest BCUT2D eigenvalue weighted by molar-refractivity contribution is -0.000156. The Hall–Kier alpha value is -1.86. The third-order valence-corrected chi connectivity index (χ3v) is 4.72. The van der Waals surface area contributed by atoms with Crippen LogP contribution in [0.25, 0.3) is 5.57 Å². The molecule has 2 aliphatic heterocycles. The first-order chi connectivity index (χ1) is 11.6.